The Labute approximate surface area is 598 Å². The maximum atomic E-state index is 13.7. The van der Waals surface area contributed by atoms with E-state index in [0.29, 0.717) is 22.5 Å². The number of imide groups is 1. The molecular weight excluding hydrogens is 1320 g/mol. The molecule has 2 aromatic rings. The molecule has 570 valence electrons. The number of hydrogen-bond acceptors (Lipinski definition) is 19. The van der Waals surface area contributed by atoms with Gasteiger partial charge in [-0.1, -0.05) is 72.7 Å². The fourth-order valence-corrected chi connectivity index (χ4v) is 9.86. The van der Waals surface area contributed by atoms with E-state index in [1.54, 1.807) is 118 Å². The van der Waals surface area contributed by atoms with Crippen LogP contribution in [0.15, 0.2) is 48.5 Å². The van der Waals surface area contributed by atoms with Gasteiger partial charge in [-0.25, -0.2) is 9.59 Å². The zero-order valence-corrected chi connectivity index (χ0v) is 61.7. The molecule has 0 aromatic heterocycles. The summed E-state index contributed by atoms with van der Waals surface area (Å²) < 4.78 is 33.7. The van der Waals surface area contributed by atoms with Gasteiger partial charge in [-0.2, -0.15) is 0 Å². The third-order valence-corrected chi connectivity index (χ3v) is 16.0. The van der Waals surface area contributed by atoms with Crippen molar-refractivity contribution < 1.29 is 90.8 Å². The molecule has 1 aliphatic heterocycles. The first kappa shape index (κ1) is 87.4. The Bertz CT molecular complexity index is 2920. The van der Waals surface area contributed by atoms with Gasteiger partial charge in [0.1, 0.15) is 37.4 Å². The summed E-state index contributed by atoms with van der Waals surface area (Å²) in [7, 11) is 0. The van der Waals surface area contributed by atoms with Gasteiger partial charge in [0.15, 0.2) is 0 Å². The summed E-state index contributed by atoms with van der Waals surface area (Å²) in [6.07, 6.45) is 0.417. The predicted molar refractivity (Wildman–Crippen MR) is 378 cm³/mol. The Kier molecular flexibility index (Phi) is 37.6. The number of rotatable bonds is 45. The van der Waals surface area contributed by atoms with E-state index in [1.807, 2.05) is 20.8 Å². The number of esters is 2. The van der Waals surface area contributed by atoms with Crippen molar-refractivity contribution in [1.82, 2.24) is 41.7 Å². The van der Waals surface area contributed by atoms with E-state index in [4.69, 9.17) is 39.9 Å². The molecule has 2 aromatic carbocycles. The van der Waals surface area contributed by atoms with Crippen molar-refractivity contribution in [2.24, 2.45) is 45.5 Å². The van der Waals surface area contributed by atoms with Crippen LogP contribution in [0.25, 0.3) is 0 Å². The summed E-state index contributed by atoms with van der Waals surface area (Å²) in [6, 6.07) is 7.52. The molecule has 0 radical (unpaired) electrons. The monoisotopic (exact) mass is 1440 g/mol. The number of hydrogen-bond donors (Lipinski definition) is 10. The highest BCUT2D eigenvalue weighted by atomic mass is 16.5. The Morgan fingerprint density at radius 3 is 1.22 bits per heavy atom. The van der Waals surface area contributed by atoms with Gasteiger partial charge in [0.05, 0.1) is 69.6 Å². The quantitative estimate of drug-likeness (QED) is 0.0254. The lowest BCUT2D eigenvalue weighted by Crippen LogP contribution is -2.54. The van der Waals surface area contributed by atoms with Crippen LogP contribution < -0.4 is 54.0 Å². The molecule has 1 unspecified atom stereocenters. The van der Waals surface area contributed by atoms with Crippen molar-refractivity contribution in [3.8, 4) is 0 Å². The number of nitrogens with zero attached hydrogens (tertiary/aromatic N) is 2. The minimum absolute atomic E-state index is 0.0350. The fraction of sp³-hybridized carbons (Fsp3) is 0.648. The smallest absolute Gasteiger partial charge is 0.312 e. The molecule has 5 atom stereocenters. The van der Waals surface area contributed by atoms with Crippen molar-refractivity contribution >= 4 is 88.5 Å². The molecule has 31 nitrogen and oxygen atoms in total. The van der Waals surface area contributed by atoms with Crippen LogP contribution in [-0.4, -0.2) is 197 Å². The lowest BCUT2D eigenvalue weighted by molar-refractivity contribution is -0.155. The minimum atomic E-state index is -1.08. The van der Waals surface area contributed by atoms with E-state index in [9.17, 15) is 62.3 Å². The number of anilines is 2. The van der Waals surface area contributed by atoms with Gasteiger partial charge in [0.25, 0.3) is 0 Å². The maximum Gasteiger partial charge on any atom is 0.312 e. The third-order valence-electron chi connectivity index (χ3n) is 16.0. The number of nitrogens with two attached hydrogens (primary N) is 2. The highest BCUT2D eigenvalue weighted by Crippen LogP contribution is 2.35. The number of benzene rings is 2. The van der Waals surface area contributed by atoms with Crippen LogP contribution in [0.1, 0.15) is 153 Å². The van der Waals surface area contributed by atoms with E-state index in [-0.39, 0.29) is 180 Å². The highest BCUT2D eigenvalue weighted by molar-refractivity contribution is 6.04. The van der Waals surface area contributed by atoms with Crippen LogP contribution in [0.5, 0.6) is 0 Å². The third kappa shape index (κ3) is 33.8. The predicted octanol–water partition coefficient (Wildman–Crippen LogP) is 4.08. The van der Waals surface area contributed by atoms with Gasteiger partial charge >= 0.3 is 24.0 Å². The topological polar surface area (TPSA) is 432 Å². The van der Waals surface area contributed by atoms with E-state index < -0.39 is 106 Å². The summed E-state index contributed by atoms with van der Waals surface area (Å²) in [5, 5.41) is 21.4. The summed E-state index contributed by atoms with van der Waals surface area (Å²) in [5.41, 5.74) is 10.8. The molecular formula is C71H112N12O19. The van der Waals surface area contributed by atoms with Crippen molar-refractivity contribution in [1.29, 1.82) is 0 Å². The lowest BCUT2D eigenvalue weighted by Gasteiger charge is -2.26. The fourth-order valence-electron chi connectivity index (χ4n) is 9.86. The molecule has 1 aliphatic rings. The average molecular weight is 1440 g/mol. The summed E-state index contributed by atoms with van der Waals surface area (Å²) >= 11 is 0. The number of likely N-dealkylation sites (tertiary alicyclic amines) is 1. The Morgan fingerprint density at radius 1 is 0.510 bits per heavy atom. The van der Waals surface area contributed by atoms with Gasteiger partial charge < -0.3 is 87.3 Å². The lowest BCUT2D eigenvalue weighted by atomic mass is 9.80. The molecule has 1 heterocycles. The zero-order valence-electron chi connectivity index (χ0n) is 61.7. The van der Waals surface area contributed by atoms with Gasteiger partial charge in [-0.3, -0.25) is 57.6 Å². The van der Waals surface area contributed by atoms with Crippen molar-refractivity contribution in [3.05, 3.63) is 59.7 Å². The number of urea groups is 2. The van der Waals surface area contributed by atoms with Crippen molar-refractivity contribution in [3.63, 3.8) is 0 Å². The number of nitrogens with one attached hydrogen (secondary N) is 8. The van der Waals surface area contributed by atoms with Gasteiger partial charge in [0.2, 0.25) is 53.2 Å². The van der Waals surface area contributed by atoms with Crippen molar-refractivity contribution in [2.45, 2.75) is 179 Å². The van der Waals surface area contributed by atoms with Crippen molar-refractivity contribution in [2.75, 3.05) is 96.2 Å². The molecule has 102 heavy (non-hydrogen) atoms. The maximum absolute atomic E-state index is 13.7. The number of carbonyl (C=O) groups excluding carboxylic acids is 13. The summed E-state index contributed by atoms with van der Waals surface area (Å²) in [4.78, 5) is 171. The first-order valence-corrected chi connectivity index (χ1v) is 34.7. The van der Waals surface area contributed by atoms with Crippen LogP contribution >= 0.6 is 0 Å². The van der Waals surface area contributed by atoms with Crippen LogP contribution in [0.2, 0.25) is 0 Å². The minimum Gasteiger partial charge on any atom is -0.460 e. The Balaban J connectivity index is 1.51. The average Bonchev–Trinajstić information content (AvgIpc) is 1.65. The highest BCUT2D eigenvalue weighted by Gasteiger charge is 2.44. The Morgan fingerprint density at radius 2 is 0.882 bits per heavy atom. The number of amides is 13. The number of ether oxygens (including phenoxy) is 6. The van der Waals surface area contributed by atoms with Crippen LogP contribution in [-0.2, 0) is 94.4 Å². The normalized spacial score (nSPS) is 14.4. The first-order valence-electron chi connectivity index (χ1n) is 34.7. The molecule has 13 amide bonds. The standard InChI is InChI=1S/C71H112N12O19/c1-45(2)58(62(90)78-52(16-14-29-74-67(72)95)60(88)76-49-22-18-47(19-23-49)43-101-65(93)70(8,9)10)80-54(84)27-34-97-38-40-99-36-32-82(56(86)26-31-83-57(87)42-51(64(83)92)69(5,6)7)33-37-100-41-39-98-35-28-55(85)81-59(46(3)4)63(91)79-53(17-15-30-75-68(73)96)61(89)77-50-24-20-48(21-25-50)44-102-66(94)71(11,12)13/h18-25,45-46,51-53,58-59H,14-17,26-44H2,1-13H3,(H,76,88)(H,77,89)(H,78,90)(H,79,91)(H,80,84)(H,81,85)(H3,72,74,95)(H3,73,75,96)/t51?,52-,53-,58-,59-/m0/s1. The van der Waals surface area contributed by atoms with E-state index in [2.05, 4.69) is 42.5 Å². The summed E-state index contributed by atoms with van der Waals surface area (Å²) in [6.45, 7) is 23.8. The van der Waals surface area contributed by atoms with Gasteiger partial charge in [0, 0.05) is 69.8 Å². The molecule has 1 fully saturated rings. The Hall–Kier alpha value is -8.81. The SMILES string of the molecule is CC(C)[C@H](NC(=O)CCOCCOCCN(CCOCCOCCC(=O)N[C@H](C(=O)N[C@@H](CCCNC(N)=O)C(=O)Nc1ccc(COC(=O)C(C)(C)C)cc1)C(C)C)C(=O)CCN1C(=O)CC(C(C)(C)C)C1=O)C(=O)N[C@@H](CCCNC(N)=O)C(=O)Nc1ccc(COC(=O)C(C)(C)C)cc1. The molecule has 3 rings (SSSR count). The van der Waals surface area contributed by atoms with Gasteiger partial charge in [-0.05, 0) is 120 Å². The number of primary amides is 2. The van der Waals surface area contributed by atoms with E-state index in [1.165, 1.54) is 4.90 Å². The van der Waals surface area contributed by atoms with E-state index >= 15 is 0 Å². The second-order valence-electron chi connectivity index (χ2n) is 28.7. The second-order valence-corrected chi connectivity index (χ2v) is 28.7. The van der Waals surface area contributed by atoms with Gasteiger partial charge in [-0.15, -0.1) is 0 Å². The van der Waals surface area contributed by atoms with Crippen LogP contribution in [0, 0.1) is 34.0 Å². The first-order chi connectivity index (χ1) is 47.9. The van der Waals surface area contributed by atoms with Crippen LogP contribution in [0.3, 0.4) is 0 Å². The largest absolute Gasteiger partial charge is 0.460 e. The summed E-state index contributed by atoms with van der Waals surface area (Å²) in [5.74, 6) is -6.42. The van der Waals surface area contributed by atoms with E-state index in [0.717, 1.165) is 4.90 Å². The molecule has 31 heteroatoms. The molecule has 0 aliphatic carbocycles. The molecule has 12 N–H and O–H groups in total. The number of carbonyl (C=O) groups is 13. The molecule has 0 spiro atoms. The molecule has 1 saturated heterocycles. The molecule has 0 saturated carbocycles. The second kappa shape index (κ2) is 43.9. The zero-order chi connectivity index (χ0) is 76.3. The van der Waals surface area contributed by atoms with Crippen LogP contribution in [0.4, 0.5) is 21.0 Å². The molecule has 0 bridgehead atoms.